The summed E-state index contributed by atoms with van der Waals surface area (Å²) < 4.78 is 10.7. The molecule has 3 rings (SSSR count). The lowest BCUT2D eigenvalue weighted by molar-refractivity contribution is -0.118. The summed E-state index contributed by atoms with van der Waals surface area (Å²) in [4.78, 5) is 11.9. The first-order valence-corrected chi connectivity index (χ1v) is 8.42. The maximum atomic E-state index is 11.9. The standard InChI is InChI=1S/C20H20N4O3/c1-26-17-10-6-5-7-15(17)13-21-18-11-12-19(24-23-18)22-20(25)14-27-16-8-3-2-4-9-16/h2-12H,13-14H2,1H3,(H,21,23)(H,22,24,25). The fourth-order valence-corrected chi connectivity index (χ4v) is 2.37. The minimum Gasteiger partial charge on any atom is -0.496 e. The van der Waals surface area contributed by atoms with Crippen molar-refractivity contribution in [3.63, 3.8) is 0 Å². The van der Waals surface area contributed by atoms with Crippen LogP contribution in [-0.4, -0.2) is 29.8 Å². The third-order valence-corrected chi connectivity index (χ3v) is 3.70. The van der Waals surface area contributed by atoms with E-state index in [1.165, 1.54) is 0 Å². The molecule has 0 saturated carbocycles. The molecule has 0 fully saturated rings. The van der Waals surface area contributed by atoms with Gasteiger partial charge in [0.2, 0.25) is 0 Å². The Labute approximate surface area is 157 Å². The highest BCUT2D eigenvalue weighted by molar-refractivity contribution is 5.90. The van der Waals surface area contributed by atoms with Crippen molar-refractivity contribution in [2.45, 2.75) is 6.54 Å². The summed E-state index contributed by atoms with van der Waals surface area (Å²) in [6, 6.07) is 20.3. The number of aromatic nitrogens is 2. The van der Waals surface area contributed by atoms with Gasteiger partial charge in [-0.05, 0) is 30.3 Å². The second kappa shape index (κ2) is 9.19. The topological polar surface area (TPSA) is 85.4 Å². The average Bonchev–Trinajstić information content (AvgIpc) is 2.73. The van der Waals surface area contributed by atoms with Crippen LogP contribution in [0.3, 0.4) is 0 Å². The number of carbonyl (C=O) groups excluding carboxylic acids is 1. The summed E-state index contributed by atoms with van der Waals surface area (Å²) in [6.07, 6.45) is 0. The zero-order valence-electron chi connectivity index (χ0n) is 14.9. The van der Waals surface area contributed by atoms with E-state index in [2.05, 4.69) is 20.8 Å². The van der Waals surface area contributed by atoms with Crippen LogP contribution in [-0.2, 0) is 11.3 Å². The highest BCUT2D eigenvalue weighted by Crippen LogP contribution is 2.18. The number of benzene rings is 2. The van der Waals surface area contributed by atoms with Crippen LogP contribution in [0.1, 0.15) is 5.56 Å². The molecule has 0 radical (unpaired) electrons. The molecule has 0 aliphatic heterocycles. The summed E-state index contributed by atoms with van der Waals surface area (Å²) in [6.45, 7) is 0.453. The number of hydrogen-bond donors (Lipinski definition) is 2. The second-order valence-corrected chi connectivity index (χ2v) is 5.62. The van der Waals surface area contributed by atoms with Crippen molar-refractivity contribution in [1.82, 2.24) is 10.2 Å². The van der Waals surface area contributed by atoms with Gasteiger partial charge in [-0.25, -0.2) is 0 Å². The molecule has 3 aromatic rings. The molecule has 1 amide bonds. The molecule has 0 atom stereocenters. The van der Waals surface area contributed by atoms with Crippen LogP contribution < -0.4 is 20.1 Å². The lowest BCUT2D eigenvalue weighted by atomic mass is 10.2. The highest BCUT2D eigenvalue weighted by Gasteiger charge is 2.06. The monoisotopic (exact) mass is 364 g/mol. The van der Waals surface area contributed by atoms with E-state index in [0.29, 0.717) is 23.9 Å². The van der Waals surface area contributed by atoms with E-state index in [4.69, 9.17) is 9.47 Å². The molecule has 1 aromatic heterocycles. The summed E-state index contributed by atoms with van der Waals surface area (Å²) in [7, 11) is 1.64. The molecule has 27 heavy (non-hydrogen) atoms. The van der Waals surface area contributed by atoms with Gasteiger partial charge in [0.1, 0.15) is 17.3 Å². The average molecular weight is 364 g/mol. The van der Waals surface area contributed by atoms with Crippen LogP contribution in [0.2, 0.25) is 0 Å². The van der Waals surface area contributed by atoms with E-state index in [1.807, 2.05) is 42.5 Å². The summed E-state index contributed by atoms with van der Waals surface area (Å²) in [5.74, 6) is 2.09. The Morgan fingerprint density at radius 3 is 2.37 bits per heavy atom. The van der Waals surface area contributed by atoms with Crippen LogP contribution in [0.15, 0.2) is 66.7 Å². The van der Waals surface area contributed by atoms with Crippen molar-refractivity contribution in [2.24, 2.45) is 0 Å². The van der Waals surface area contributed by atoms with Crippen molar-refractivity contribution in [1.29, 1.82) is 0 Å². The van der Waals surface area contributed by atoms with E-state index in [0.717, 1.165) is 11.3 Å². The largest absolute Gasteiger partial charge is 0.496 e. The van der Waals surface area contributed by atoms with Gasteiger partial charge in [0.05, 0.1) is 7.11 Å². The minimum absolute atomic E-state index is 0.0977. The Balaban J connectivity index is 1.49. The van der Waals surface area contributed by atoms with Crippen LogP contribution in [0.25, 0.3) is 0 Å². The minimum atomic E-state index is -0.303. The number of hydrogen-bond acceptors (Lipinski definition) is 6. The van der Waals surface area contributed by atoms with E-state index in [-0.39, 0.29) is 12.5 Å². The van der Waals surface area contributed by atoms with Crippen LogP contribution in [0, 0.1) is 0 Å². The molecule has 138 valence electrons. The van der Waals surface area contributed by atoms with Crippen LogP contribution >= 0.6 is 0 Å². The smallest absolute Gasteiger partial charge is 0.263 e. The Hall–Kier alpha value is -3.61. The molecule has 0 aliphatic carbocycles. The van der Waals surface area contributed by atoms with Gasteiger partial charge in [-0.1, -0.05) is 36.4 Å². The number of nitrogens with zero attached hydrogens (tertiary/aromatic N) is 2. The predicted molar refractivity (Wildman–Crippen MR) is 103 cm³/mol. The third-order valence-electron chi connectivity index (χ3n) is 3.70. The molecular formula is C20H20N4O3. The molecule has 7 nitrogen and oxygen atoms in total. The van der Waals surface area contributed by atoms with E-state index in [1.54, 1.807) is 31.4 Å². The second-order valence-electron chi connectivity index (χ2n) is 5.62. The van der Waals surface area contributed by atoms with E-state index >= 15 is 0 Å². The zero-order valence-corrected chi connectivity index (χ0v) is 14.9. The number of carbonyl (C=O) groups is 1. The maximum absolute atomic E-state index is 11.9. The van der Waals surface area contributed by atoms with Gasteiger partial charge in [-0.15, -0.1) is 10.2 Å². The van der Waals surface area contributed by atoms with Gasteiger partial charge in [-0.3, -0.25) is 4.79 Å². The fraction of sp³-hybridized carbons (Fsp3) is 0.150. The SMILES string of the molecule is COc1ccccc1CNc1ccc(NC(=O)COc2ccccc2)nn1. The number of amides is 1. The Bertz CT molecular complexity index is 870. The van der Waals surface area contributed by atoms with Crippen molar-refractivity contribution < 1.29 is 14.3 Å². The number of anilines is 2. The molecule has 2 N–H and O–H groups in total. The third kappa shape index (κ3) is 5.43. The van der Waals surface area contributed by atoms with E-state index < -0.39 is 0 Å². The van der Waals surface area contributed by atoms with Gasteiger partial charge in [0.15, 0.2) is 12.4 Å². The highest BCUT2D eigenvalue weighted by atomic mass is 16.5. The molecule has 0 spiro atoms. The van der Waals surface area contributed by atoms with E-state index in [9.17, 15) is 4.79 Å². The number of methoxy groups -OCH3 is 1. The number of para-hydroxylation sites is 2. The molecule has 2 aromatic carbocycles. The van der Waals surface area contributed by atoms with Crippen molar-refractivity contribution in [2.75, 3.05) is 24.4 Å². The first-order chi connectivity index (χ1) is 13.2. The zero-order chi connectivity index (χ0) is 18.9. The van der Waals surface area contributed by atoms with Gasteiger partial charge >= 0.3 is 0 Å². The Kier molecular flexibility index (Phi) is 6.19. The number of rotatable bonds is 8. The predicted octanol–water partition coefficient (Wildman–Crippen LogP) is 3.11. The molecule has 0 aliphatic rings. The lowest BCUT2D eigenvalue weighted by Crippen LogP contribution is -2.21. The molecule has 7 heteroatoms. The lowest BCUT2D eigenvalue weighted by Gasteiger charge is -2.10. The Morgan fingerprint density at radius 2 is 1.63 bits per heavy atom. The van der Waals surface area contributed by atoms with Crippen molar-refractivity contribution in [3.05, 3.63) is 72.3 Å². The van der Waals surface area contributed by atoms with Crippen molar-refractivity contribution in [3.8, 4) is 11.5 Å². The van der Waals surface area contributed by atoms with Gasteiger partial charge in [0, 0.05) is 12.1 Å². The fourth-order valence-electron chi connectivity index (χ4n) is 2.37. The van der Waals surface area contributed by atoms with Gasteiger partial charge < -0.3 is 20.1 Å². The summed E-state index contributed by atoms with van der Waals surface area (Å²) in [5.41, 5.74) is 1.01. The van der Waals surface area contributed by atoms with Crippen LogP contribution in [0.5, 0.6) is 11.5 Å². The summed E-state index contributed by atoms with van der Waals surface area (Å²) >= 11 is 0. The van der Waals surface area contributed by atoms with Gasteiger partial charge in [-0.2, -0.15) is 0 Å². The first kappa shape index (κ1) is 18.2. The van der Waals surface area contributed by atoms with Gasteiger partial charge in [0.25, 0.3) is 5.91 Å². The number of ether oxygens (including phenoxy) is 2. The van der Waals surface area contributed by atoms with Crippen molar-refractivity contribution >= 4 is 17.5 Å². The van der Waals surface area contributed by atoms with Crippen LogP contribution in [0.4, 0.5) is 11.6 Å². The normalized spacial score (nSPS) is 10.1. The Morgan fingerprint density at radius 1 is 0.926 bits per heavy atom. The molecule has 1 heterocycles. The first-order valence-electron chi connectivity index (χ1n) is 8.42. The maximum Gasteiger partial charge on any atom is 0.263 e. The molecular weight excluding hydrogens is 344 g/mol. The molecule has 0 unspecified atom stereocenters. The molecule has 0 saturated heterocycles. The quantitative estimate of drug-likeness (QED) is 0.639. The summed E-state index contributed by atoms with van der Waals surface area (Å²) in [5, 5.41) is 13.9. The molecule has 0 bridgehead atoms. The number of nitrogens with one attached hydrogen (secondary N) is 2.